The number of nitrogens with one attached hydrogen (secondary N) is 4. The van der Waals surface area contributed by atoms with E-state index in [1.54, 1.807) is 46.8 Å². The Morgan fingerprint density at radius 3 is 0.886 bits per heavy atom. The molecule has 0 radical (unpaired) electrons. The lowest BCUT2D eigenvalue weighted by Gasteiger charge is -2.36. The van der Waals surface area contributed by atoms with Gasteiger partial charge in [-0.15, -0.1) is 0 Å². The molecule has 5 rings (SSSR count). The Hall–Kier alpha value is -6.13. The number of aliphatic carboxylic acids is 2. The predicted octanol–water partition coefficient (Wildman–Crippen LogP) is 15.5. The lowest BCUT2D eigenvalue weighted by atomic mass is 9.71. The molecule has 4 unspecified atom stereocenters. The number of esters is 5. The number of alkyl halides is 2. The third-order valence-electron chi connectivity index (χ3n) is 18.5. The highest BCUT2D eigenvalue weighted by molar-refractivity contribution is 6.61. The third-order valence-corrected chi connectivity index (χ3v) is 18.9. The van der Waals surface area contributed by atoms with Crippen molar-refractivity contribution in [3.63, 3.8) is 0 Å². The number of carboxylic acids is 2. The van der Waals surface area contributed by atoms with Crippen LogP contribution in [0.4, 0.5) is 19.2 Å². The molecule has 5 saturated carbocycles. The van der Waals surface area contributed by atoms with Crippen LogP contribution < -0.4 is 26.5 Å². The molecule has 0 aliphatic heterocycles. The molecule has 0 aromatic heterocycles. The maximum absolute atomic E-state index is 12.0. The van der Waals surface area contributed by atoms with Crippen LogP contribution in [0.15, 0.2) is 38.0 Å². The molecule has 31 heteroatoms. The molecule has 105 heavy (non-hydrogen) atoms. The third kappa shape index (κ3) is 47.3. The van der Waals surface area contributed by atoms with E-state index >= 15 is 0 Å². The van der Waals surface area contributed by atoms with Crippen LogP contribution >= 0.6 is 46.6 Å². The summed E-state index contributed by atoms with van der Waals surface area (Å²) in [5.41, 5.74) is 2.37. The molecule has 3 amide bonds. The van der Waals surface area contributed by atoms with Crippen molar-refractivity contribution < 1.29 is 106 Å². The van der Waals surface area contributed by atoms with Gasteiger partial charge < -0.3 is 74.5 Å². The summed E-state index contributed by atoms with van der Waals surface area (Å²) in [4.78, 5) is 128. The van der Waals surface area contributed by atoms with Gasteiger partial charge in [0.2, 0.25) is 12.6 Å². The highest BCUT2D eigenvalue weighted by Gasteiger charge is 2.40. The maximum atomic E-state index is 12.0. The molecule has 5 aliphatic rings. The molecular weight excluding hydrogens is 1450 g/mol. The number of rotatable bonds is 33. The first-order valence-electron chi connectivity index (χ1n) is 36.7. The summed E-state index contributed by atoms with van der Waals surface area (Å²) in [5.74, 6) is -3.73. The van der Waals surface area contributed by atoms with Gasteiger partial charge in [0, 0.05) is 51.6 Å². The Kier molecular flexibility index (Phi) is 52.1. The van der Waals surface area contributed by atoms with E-state index in [0.29, 0.717) is 45.6 Å². The normalized spacial score (nSPS) is 18.2. The smallest absolute Gasteiger partial charge is 0.410 e. The Morgan fingerprint density at radius 2 is 0.657 bits per heavy atom. The molecule has 0 bridgehead atoms. The summed E-state index contributed by atoms with van der Waals surface area (Å²) in [6, 6.07) is 0. The standard InChI is InChI=1S/C19H31NO6.C16H27NO6.C15H24ClNO4.C12H20ClNO2.C9H17NO2.C3H4Cl2O2/c1-5-11-24-16(21)12-19(9-7-6-8-10-19)13-20-18(23)26-15(4)25-17(22)14(2)3;1-11(2)14(20)22-12(3)23-15(21)17-10-16(9-13(18)19)7-5-4-6-8-16;1-3-9-20-13(18)10-15(7-5-4-6-8-15)11-17-14(19)21-12(2)16;1-2-8-16-11(15)9-12(10-14-13)6-4-3-5-7-12;10-7-9(6-8(11)12)4-2-1-3-5-9;1-2(4)7-3(5)6/h5,14-15H,1,6-13H2,2-4H3,(H,20,23);11-12H,4-10H2,1-3H3,(H,17,21)(H,18,19);3,12H,1,4-11H2,2H3,(H,17,19);2,14H,1,3-10H2;1-7,10H2,(H,11,12);2H,1H3. The quantitative estimate of drug-likeness (QED) is 0.00610. The summed E-state index contributed by atoms with van der Waals surface area (Å²) < 4.78 is 44.2. The molecule has 5 aliphatic carbocycles. The van der Waals surface area contributed by atoms with Gasteiger partial charge in [-0.25, -0.2) is 24.0 Å². The van der Waals surface area contributed by atoms with Crippen LogP contribution in [-0.4, -0.2) is 152 Å². The molecule has 8 N–H and O–H groups in total. The van der Waals surface area contributed by atoms with Gasteiger partial charge in [-0.3, -0.25) is 33.6 Å². The number of halogens is 4. The van der Waals surface area contributed by atoms with E-state index in [9.17, 15) is 52.7 Å². The SMILES string of the molecule is C=CCOC(=O)CC1(CNC(=O)OC(C)Cl)CCCCC1.C=CCOC(=O)CC1(CNC(=O)OC(C)OC(=O)C(C)C)CCCCC1.C=CCOC(=O)CC1(CNCl)CCCCC1.CC(Cl)OC(=O)Cl.CC(OC(=O)NCC1(CC(=O)O)CCCCC1)OC(=O)C(C)C.NCC1(CC(=O)O)CCCCC1. The summed E-state index contributed by atoms with van der Waals surface area (Å²) in [5, 5.41) is 25.8. The average molecular weight is 1580 g/mol. The number of amides is 3. The van der Waals surface area contributed by atoms with Gasteiger partial charge in [-0.1, -0.05) is 185 Å². The van der Waals surface area contributed by atoms with Crippen molar-refractivity contribution in [3.8, 4) is 0 Å². The second kappa shape index (κ2) is 55.3. The molecule has 0 spiro atoms. The first-order chi connectivity index (χ1) is 49.5. The molecule has 0 heterocycles. The average Bonchev–Trinajstić information content (AvgIpc) is 0.841. The fourth-order valence-corrected chi connectivity index (χ4v) is 13.7. The van der Waals surface area contributed by atoms with Crippen molar-refractivity contribution >= 4 is 112 Å². The van der Waals surface area contributed by atoms with Crippen molar-refractivity contribution in [3.05, 3.63) is 38.0 Å². The maximum Gasteiger partial charge on any atom is 0.410 e. The lowest BCUT2D eigenvalue weighted by molar-refractivity contribution is -0.170. The molecule has 604 valence electrons. The molecular formula is C74H123Cl4N5O22. The molecule has 0 saturated heterocycles. The van der Waals surface area contributed by atoms with Gasteiger partial charge in [-0.2, -0.15) is 0 Å². The molecule has 0 aromatic carbocycles. The van der Waals surface area contributed by atoms with Crippen molar-refractivity contribution in [2.45, 2.75) is 272 Å². The van der Waals surface area contributed by atoms with Crippen molar-refractivity contribution in [1.82, 2.24) is 20.8 Å². The van der Waals surface area contributed by atoms with Crippen LogP contribution in [0.5, 0.6) is 0 Å². The minimum absolute atomic E-state index is 0.00173. The van der Waals surface area contributed by atoms with Crippen LogP contribution in [0.3, 0.4) is 0 Å². The number of hydrogen-bond donors (Lipinski definition) is 7. The van der Waals surface area contributed by atoms with Crippen molar-refractivity contribution in [2.75, 3.05) is 52.5 Å². The van der Waals surface area contributed by atoms with Gasteiger partial charge in [0.05, 0.1) is 43.9 Å². The zero-order valence-electron chi connectivity index (χ0n) is 63.3. The van der Waals surface area contributed by atoms with E-state index in [2.05, 4.69) is 45.3 Å². The Bertz CT molecular complexity index is 2610. The fraction of sp³-hybridized carbons (Fsp3) is 0.770. The van der Waals surface area contributed by atoms with E-state index in [1.165, 1.54) is 52.5 Å². The van der Waals surface area contributed by atoms with Gasteiger partial charge in [0.15, 0.2) is 11.1 Å². The van der Waals surface area contributed by atoms with E-state index < -0.39 is 76.7 Å². The molecule has 27 nitrogen and oxygen atoms in total. The number of carboxylic acid groups (broad SMARTS) is 2. The first-order valence-corrected chi connectivity index (χ1v) is 38.3. The van der Waals surface area contributed by atoms with Gasteiger partial charge >= 0.3 is 65.5 Å². The highest BCUT2D eigenvalue weighted by atomic mass is 35.5. The second-order valence-electron chi connectivity index (χ2n) is 28.4. The van der Waals surface area contributed by atoms with E-state index in [0.717, 1.165) is 135 Å². The number of ether oxygens (including phenoxy) is 9. The Balaban J connectivity index is 0.00000128. The van der Waals surface area contributed by atoms with Gasteiger partial charge in [-0.05, 0) is 123 Å². The molecule has 4 atom stereocenters. The first kappa shape index (κ1) is 98.9. The van der Waals surface area contributed by atoms with Crippen LogP contribution in [0, 0.1) is 38.9 Å². The highest BCUT2D eigenvalue weighted by Crippen LogP contribution is 2.43. The van der Waals surface area contributed by atoms with Crippen LogP contribution in [0.25, 0.3) is 0 Å². The predicted molar refractivity (Wildman–Crippen MR) is 400 cm³/mol. The second-order valence-corrected chi connectivity index (χ2v) is 30.2. The van der Waals surface area contributed by atoms with Crippen LogP contribution in [-0.2, 0) is 76.2 Å². The number of alkyl carbamates (subject to hydrolysis) is 3. The summed E-state index contributed by atoms with van der Waals surface area (Å²) >= 11 is 21.1. The van der Waals surface area contributed by atoms with E-state index in [-0.39, 0.29) is 90.4 Å². The molecule has 5 fully saturated rings. The topological polar surface area (TPSA) is 385 Å². The minimum Gasteiger partial charge on any atom is -0.481 e. The Morgan fingerprint density at radius 1 is 0.400 bits per heavy atom. The summed E-state index contributed by atoms with van der Waals surface area (Å²) in [6.07, 6.45) is 27.8. The number of hydrogen-bond acceptors (Lipinski definition) is 22. The van der Waals surface area contributed by atoms with Crippen molar-refractivity contribution in [2.24, 2.45) is 44.6 Å². The zero-order chi connectivity index (χ0) is 79.5. The zero-order valence-corrected chi connectivity index (χ0v) is 66.4. The minimum atomic E-state index is -0.980. The molecule has 0 aromatic rings. The largest absolute Gasteiger partial charge is 0.481 e. The summed E-state index contributed by atoms with van der Waals surface area (Å²) in [6.45, 7) is 26.3. The van der Waals surface area contributed by atoms with Gasteiger partial charge in [0.25, 0.3) is 0 Å². The summed E-state index contributed by atoms with van der Waals surface area (Å²) in [7, 11) is 0. The van der Waals surface area contributed by atoms with Crippen LogP contribution in [0.1, 0.15) is 248 Å². The van der Waals surface area contributed by atoms with Crippen molar-refractivity contribution in [1.29, 1.82) is 0 Å². The fourth-order valence-electron chi connectivity index (χ4n) is 13.1. The lowest BCUT2D eigenvalue weighted by Crippen LogP contribution is -2.42. The van der Waals surface area contributed by atoms with Gasteiger partial charge in [0.1, 0.15) is 19.8 Å². The monoisotopic (exact) mass is 1570 g/mol. The number of carbonyl (C=O) groups excluding carboxylic acids is 9. The van der Waals surface area contributed by atoms with E-state index in [4.69, 9.17) is 100 Å². The van der Waals surface area contributed by atoms with E-state index in [1.807, 2.05) is 0 Å². The van der Waals surface area contributed by atoms with Crippen LogP contribution in [0.2, 0.25) is 0 Å². The Labute approximate surface area is 642 Å². The number of carbonyl (C=O) groups is 11. The number of nitrogens with two attached hydrogens (primary N) is 1.